The van der Waals surface area contributed by atoms with Gasteiger partial charge in [-0.2, -0.15) is 0 Å². The van der Waals surface area contributed by atoms with Gasteiger partial charge in [0, 0.05) is 43.9 Å². The number of rotatable bonds is 3. The number of amides is 1. The Balaban J connectivity index is 1.42. The van der Waals surface area contributed by atoms with Gasteiger partial charge in [0.2, 0.25) is 5.91 Å². The summed E-state index contributed by atoms with van der Waals surface area (Å²) in [6, 6.07) is 18.2. The molecule has 124 valence electrons. The molecule has 4 rings (SSSR count). The van der Waals surface area contributed by atoms with E-state index in [-0.39, 0.29) is 5.91 Å². The van der Waals surface area contributed by atoms with Gasteiger partial charge in [-0.05, 0) is 24.1 Å². The van der Waals surface area contributed by atoms with Crippen molar-refractivity contribution in [2.75, 3.05) is 31.1 Å². The van der Waals surface area contributed by atoms with Crippen molar-refractivity contribution < 1.29 is 9.53 Å². The van der Waals surface area contributed by atoms with Gasteiger partial charge in [-0.3, -0.25) is 9.69 Å². The number of fused-ring (bicyclic) bond motifs is 1. The highest BCUT2D eigenvalue weighted by molar-refractivity contribution is 5.95. The number of hydrogen-bond donors (Lipinski definition) is 0. The third-order valence-corrected chi connectivity index (χ3v) is 4.82. The van der Waals surface area contributed by atoms with Gasteiger partial charge < -0.3 is 9.64 Å². The fourth-order valence-corrected chi connectivity index (χ4v) is 3.66. The molecule has 1 saturated heterocycles. The third kappa shape index (κ3) is 3.15. The molecule has 2 heterocycles. The van der Waals surface area contributed by atoms with Gasteiger partial charge in [-0.1, -0.05) is 36.4 Å². The van der Waals surface area contributed by atoms with Gasteiger partial charge in [0.25, 0.3) is 0 Å². The third-order valence-electron chi connectivity index (χ3n) is 4.82. The maximum absolute atomic E-state index is 12.4. The lowest BCUT2D eigenvalue weighted by molar-refractivity contribution is -0.117. The largest absolute Gasteiger partial charge is 0.492 e. The second kappa shape index (κ2) is 6.65. The van der Waals surface area contributed by atoms with E-state index in [0.717, 1.165) is 37.6 Å². The van der Waals surface area contributed by atoms with Crippen molar-refractivity contribution in [1.82, 2.24) is 4.90 Å². The minimum absolute atomic E-state index is 0.234. The molecule has 1 atom stereocenters. The van der Waals surface area contributed by atoms with Crippen LogP contribution in [-0.2, 0) is 11.3 Å². The molecule has 0 saturated carbocycles. The number of anilines is 1. The van der Waals surface area contributed by atoms with Crippen LogP contribution >= 0.6 is 0 Å². The highest BCUT2D eigenvalue weighted by atomic mass is 16.5. The molecule has 0 N–H and O–H groups in total. The molecule has 0 aromatic heterocycles. The summed E-state index contributed by atoms with van der Waals surface area (Å²) in [5, 5.41) is 0. The smallest absolute Gasteiger partial charge is 0.227 e. The lowest BCUT2D eigenvalue weighted by atomic mass is 10.1. The molecule has 1 amide bonds. The number of carbonyl (C=O) groups excluding carboxylic acids is 1. The average molecular weight is 322 g/mol. The predicted octanol–water partition coefficient (Wildman–Crippen LogP) is 2.93. The molecule has 1 fully saturated rings. The Morgan fingerprint density at radius 3 is 2.71 bits per heavy atom. The van der Waals surface area contributed by atoms with Crippen LogP contribution in [0.25, 0.3) is 0 Å². The van der Waals surface area contributed by atoms with Crippen molar-refractivity contribution in [3.63, 3.8) is 0 Å². The summed E-state index contributed by atoms with van der Waals surface area (Å²) in [5.41, 5.74) is 2.24. The Bertz CT molecular complexity index is 717. The van der Waals surface area contributed by atoms with Crippen LogP contribution in [0.2, 0.25) is 0 Å². The van der Waals surface area contributed by atoms with E-state index < -0.39 is 0 Å². The van der Waals surface area contributed by atoms with Crippen LogP contribution < -0.4 is 9.64 Å². The molecule has 2 aromatic carbocycles. The monoisotopic (exact) mass is 322 g/mol. The Hall–Kier alpha value is -2.33. The van der Waals surface area contributed by atoms with E-state index in [0.29, 0.717) is 18.9 Å². The summed E-state index contributed by atoms with van der Waals surface area (Å²) in [6.45, 7) is 4.26. The Morgan fingerprint density at radius 2 is 1.83 bits per heavy atom. The summed E-state index contributed by atoms with van der Waals surface area (Å²) < 4.78 is 5.84. The number of para-hydroxylation sites is 2. The fraction of sp³-hybridized carbons (Fsp3) is 0.350. The molecule has 0 radical (unpaired) electrons. The second-order valence-corrected chi connectivity index (χ2v) is 6.60. The van der Waals surface area contributed by atoms with Gasteiger partial charge in [0.05, 0.1) is 0 Å². The van der Waals surface area contributed by atoms with Crippen LogP contribution in [-0.4, -0.2) is 37.0 Å². The zero-order chi connectivity index (χ0) is 16.4. The number of benzene rings is 2. The van der Waals surface area contributed by atoms with E-state index in [1.54, 1.807) is 0 Å². The lowest BCUT2D eigenvalue weighted by Crippen LogP contribution is -2.32. The quantitative estimate of drug-likeness (QED) is 0.871. The van der Waals surface area contributed by atoms with E-state index in [1.807, 2.05) is 47.4 Å². The Morgan fingerprint density at radius 1 is 1.04 bits per heavy atom. The maximum Gasteiger partial charge on any atom is 0.227 e. The lowest BCUT2D eigenvalue weighted by Gasteiger charge is -2.23. The van der Waals surface area contributed by atoms with Crippen molar-refractivity contribution in [1.29, 1.82) is 0 Å². The first-order valence-electron chi connectivity index (χ1n) is 8.58. The molecule has 24 heavy (non-hydrogen) atoms. The molecule has 4 nitrogen and oxygen atoms in total. The van der Waals surface area contributed by atoms with Crippen molar-refractivity contribution >= 4 is 11.6 Å². The van der Waals surface area contributed by atoms with Crippen LogP contribution in [0, 0.1) is 5.92 Å². The van der Waals surface area contributed by atoms with E-state index in [9.17, 15) is 4.79 Å². The molecular formula is C20H22N2O2. The van der Waals surface area contributed by atoms with E-state index in [2.05, 4.69) is 17.0 Å². The molecule has 0 bridgehead atoms. The number of carbonyl (C=O) groups is 1. The van der Waals surface area contributed by atoms with Crippen molar-refractivity contribution in [3.8, 4) is 5.75 Å². The highest BCUT2D eigenvalue weighted by Crippen LogP contribution is 2.27. The zero-order valence-corrected chi connectivity index (χ0v) is 13.7. The molecule has 2 aliphatic rings. The van der Waals surface area contributed by atoms with Crippen LogP contribution in [0.5, 0.6) is 5.75 Å². The van der Waals surface area contributed by atoms with Gasteiger partial charge in [0.15, 0.2) is 0 Å². The molecule has 0 unspecified atom stereocenters. The summed E-state index contributed by atoms with van der Waals surface area (Å²) in [4.78, 5) is 16.7. The van der Waals surface area contributed by atoms with Crippen LogP contribution in [0.3, 0.4) is 0 Å². The van der Waals surface area contributed by atoms with Crippen LogP contribution in [0.1, 0.15) is 12.0 Å². The van der Waals surface area contributed by atoms with Gasteiger partial charge in [-0.15, -0.1) is 0 Å². The minimum atomic E-state index is 0.234. The number of hydrogen-bond acceptors (Lipinski definition) is 3. The van der Waals surface area contributed by atoms with E-state index in [4.69, 9.17) is 4.74 Å². The summed E-state index contributed by atoms with van der Waals surface area (Å²) in [5.74, 6) is 1.61. The fourth-order valence-electron chi connectivity index (χ4n) is 3.66. The van der Waals surface area contributed by atoms with Crippen molar-refractivity contribution in [2.45, 2.75) is 13.0 Å². The molecule has 2 aromatic rings. The summed E-state index contributed by atoms with van der Waals surface area (Å²) in [6.07, 6.45) is 0.633. The molecule has 2 aliphatic heterocycles. The van der Waals surface area contributed by atoms with Crippen LogP contribution in [0.4, 0.5) is 5.69 Å². The highest BCUT2D eigenvalue weighted by Gasteiger charge is 2.32. The van der Waals surface area contributed by atoms with E-state index in [1.165, 1.54) is 5.56 Å². The molecular weight excluding hydrogens is 300 g/mol. The first-order chi connectivity index (χ1) is 11.8. The zero-order valence-electron chi connectivity index (χ0n) is 13.7. The van der Waals surface area contributed by atoms with E-state index >= 15 is 0 Å². The summed E-state index contributed by atoms with van der Waals surface area (Å²) in [7, 11) is 0. The SMILES string of the molecule is O=C1C[C@H](CN2CCOc3ccccc3C2)CN1c1ccccc1. The van der Waals surface area contributed by atoms with Gasteiger partial charge in [0.1, 0.15) is 12.4 Å². The first-order valence-corrected chi connectivity index (χ1v) is 8.58. The normalized spacial score (nSPS) is 21.2. The van der Waals surface area contributed by atoms with Crippen LogP contribution in [0.15, 0.2) is 54.6 Å². The number of nitrogens with zero attached hydrogens (tertiary/aromatic N) is 2. The Labute approximate surface area is 142 Å². The minimum Gasteiger partial charge on any atom is -0.492 e. The topological polar surface area (TPSA) is 32.8 Å². The molecule has 0 aliphatic carbocycles. The first kappa shape index (κ1) is 15.2. The number of ether oxygens (including phenoxy) is 1. The van der Waals surface area contributed by atoms with Gasteiger partial charge in [-0.25, -0.2) is 0 Å². The van der Waals surface area contributed by atoms with Crippen molar-refractivity contribution in [3.05, 3.63) is 60.2 Å². The average Bonchev–Trinajstić information content (AvgIpc) is 2.85. The Kier molecular flexibility index (Phi) is 4.22. The molecule has 0 spiro atoms. The van der Waals surface area contributed by atoms with Gasteiger partial charge >= 0.3 is 0 Å². The predicted molar refractivity (Wildman–Crippen MR) is 94.1 cm³/mol. The summed E-state index contributed by atoms with van der Waals surface area (Å²) >= 11 is 0. The molecule has 4 heteroatoms. The van der Waals surface area contributed by atoms with Crippen molar-refractivity contribution in [2.24, 2.45) is 5.92 Å². The second-order valence-electron chi connectivity index (χ2n) is 6.60. The maximum atomic E-state index is 12.4. The standard InChI is InChI=1S/C20H22N2O2/c23-20-12-16(14-22(20)18-7-2-1-3-8-18)13-21-10-11-24-19-9-5-4-6-17(19)15-21/h1-9,16H,10-15H2/t16-/m1/s1.